The van der Waals surface area contributed by atoms with Crippen molar-refractivity contribution in [1.82, 2.24) is 0 Å². The van der Waals surface area contributed by atoms with Gasteiger partial charge in [0.1, 0.15) is 6.10 Å². The molecule has 0 radical (unpaired) electrons. The van der Waals surface area contributed by atoms with Gasteiger partial charge in [0.2, 0.25) is 0 Å². The molecule has 14 heavy (non-hydrogen) atoms. The van der Waals surface area contributed by atoms with E-state index in [1.165, 1.54) is 6.08 Å². The first-order chi connectivity index (χ1) is 6.28. The Morgan fingerprint density at radius 2 is 2.07 bits per heavy atom. The van der Waals surface area contributed by atoms with Crippen LogP contribution in [0.1, 0.15) is 6.42 Å². The summed E-state index contributed by atoms with van der Waals surface area (Å²) >= 11 is 0. The first kappa shape index (κ1) is 12.8. The van der Waals surface area contributed by atoms with E-state index in [0.29, 0.717) is 0 Å². The summed E-state index contributed by atoms with van der Waals surface area (Å²) < 4.78 is 33.0. The lowest BCUT2D eigenvalue weighted by atomic mass is 10.1. The predicted molar refractivity (Wildman–Crippen MR) is 48.0 cm³/mol. The van der Waals surface area contributed by atoms with Crippen molar-refractivity contribution in [3.63, 3.8) is 0 Å². The summed E-state index contributed by atoms with van der Waals surface area (Å²) in [6.07, 6.45) is -0.158. The zero-order valence-electron chi connectivity index (χ0n) is 7.21. The maximum absolute atomic E-state index is 10.4. The number of rotatable bonds is 6. The molecule has 1 unspecified atom stereocenters. The fraction of sp³-hybridized carbons (Fsp3) is 0.286. The number of hydrogen-bond donors (Lipinski definition) is 2. The molecule has 0 heterocycles. The molecule has 7 heteroatoms. The van der Waals surface area contributed by atoms with E-state index in [4.69, 9.17) is 9.66 Å². The third-order valence-corrected chi connectivity index (χ3v) is 1.76. The molecule has 0 aliphatic heterocycles. The zero-order chi connectivity index (χ0) is 11.4. The van der Waals surface area contributed by atoms with Gasteiger partial charge in [0.05, 0.1) is 5.57 Å². The highest BCUT2D eigenvalue weighted by molar-refractivity contribution is 7.80. The molecule has 2 N–H and O–H groups in total. The van der Waals surface area contributed by atoms with Gasteiger partial charge in [-0.25, -0.2) is 8.98 Å². The zero-order valence-corrected chi connectivity index (χ0v) is 8.03. The predicted octanol–water partition coefficient (Wildman–Crippen LogP) is 0.391. The molecule has 80 valence electrons. The summed E-state index contributed by atoms with van der Waals surface area (Å²) in [7, 11) is -4.70. The lowest BCUT2D eigenvalue weighted by Crippen LogP contribution is -2.23. The first-order valence-corrected chi connectivity index (χ1v) is 4.83. The Hall–Kier alpha value is -1.18. The molecular weight excluding hydrogens is 212 g/mol. The monoisotopic (exact) mass is 222 g/mol. The highest BCUT2D eigenvalue weighted by atomic mass is 32.3. The van der Waals surface area contributed by atoms with Crippen molar-refractivity contribution < 1.29 is 27.1 Å². The molecule has 0 aromatic carbocycles. The Kier molecular flexibility index (Phi) is 4.48. The van der Waals surface area contributed by atoms with Crippen LogP contribution in [0.3, 0.4) is 0 Å². The molecule has 0 aliphatic carbocycles. The maximum Gasteiger partial charge on any atom is 0.397 e. The fourth-order valence-corrected chi connectivity index (χ4v) is 1.16. The van der Waals surface area contributed by atoms with Crippen LogP contribution in [-0.2, 0) is 19.4 Å². The van der Waals surface area contributed by atoms with Gasteiger partial charge in [-0.15, -0.1) is 6.58 Å². The lowest BCUT2D eigenvalue weighted by Gasteiger charge is -2.12. The van der Waals surface area contributed by atoms with Crippen LogP contribution in [0.5, 0.6) is 0 Å². The highest BCUT2D eigenvalue weighted by Gasteiger charge is 2.23. The molecule has 0 aromatic heterocycles. The van der Waals surface area contributed by atoms with E-state index in [2.05, 4.69) is 17.3 Å². The molecule has 0 rings (SSSR count). The first-order valence-electron chi connectivity index (χ1n) is 3.46. The third kappa shape index (κ3) is 4.75. The van der Waals surface area contributed by atoms with Crippen molar-refractivity contribution in [2.75, 3.05) is 0 Å². The van der Waals surface area contributed by atoms with Gasteiger partial charge < -0.3 is 5.11 Å². The molecule has 0 aromatic rings. The van der Waals surface area contributed by atoms with Crippen LogP contribution in [-0.4, -0.2) is 30.2 Å². The average Bonchev–Trinajstić information content (AvgIpc) is 1.99. The van der Waals surface area contributed by atoms with Crippen LogP contribution < -0.4 is 0 Å². The minimum absolute atomic E-state index is 0.0784. The molecule has 6 nitrogen and oxygen atoms in total. The average molecular weight is 222 g/mol. The molecule has 0 aliphatic rings. The summed E-state index contributed by atoms with van der Waals surface area (Å²) in [5, 5.41) is 8.49. The standard InChI is InChI=1S/C7H10O6S/c1-3-4-6(5(2)7(8)9)13-14(10,11)12/h3,6H,1-2,4H2,(H,8,9)(H,10,11,12). The van der Waals surface area contributed by atoms with Crippen LogP contribution in [0.4, 0.5) is 0 Å². The van der Waals surface area contributed by atoms with Crippen molar-refractivity contribution >= 4 is 16.4 Å². The summed E-state index contributed by atoms with van der Waals surface area (Å²) in [5.74, 6) is -1.40. The molecule has 0 amide bonds. The smallest absolute Gasteiger partial charge is 0.397 e. The largest absolute Gasteiger partial charge is 0.478 e. The number of carboxylic acids is 1. The minimum atomic E-state index is -4.70. The van der Waals surface area contributed by atoms with E-state index in [-0.39, 0.29) is 6.42 Å². The third-order valence-electron chi connectivity index (χ3n) is 1.28. The van der Waals surface area contributed by atoms with Crippen LogP contribution in [0, 0.1) is 0 Å². The molecular formula is C7H10O6S. The summed E-state index contributed by atoms with van der Waals surface area (Å²) in [4.78, 5) is 10.4. The Morgan fingerprint density at radius 1 is 1.57 bits per heavy atom. The second-order valence-corrected chi connectivity index (χ2v) is 3.42. The van der Waals surface area contributed by atoms with Crippen LogP contribution in [0.25, 0.3) is 0 Å². The number of hydrogen-bond acceptors (Lipinski definition) is 4. The number of carbonyl (C=O) groups is 1. The van der Waals surface area contributed by atoms with Crippen molar-refractivity contribution in [3.05, 3.63) is 24.8 Å². The second kappa shape index (κ2) is 4.89. The minimum Gasteiger partial charge on any atom is -0.478 e. The van der Waals surface area contributed by atoms with E-state index >= 15 is 0 Å². The molecule has 0 bridgehead atoms. The summed E-state index contributed by atoms with van der Waals surface area (Å²) in [5.41, 5.74) is -0.470. The van der Waals surface area contributed by atoms with Gasteiger partial charge >= 0.3 is 16.4 Å². The van der Waals surface area contributed by atoms with Gasteiger partial charge in [0, 0.05) is 0 Å². The van der Waals surface area contributed by atoms with E-state index < -0.39 is 28.0 Å². The quantitative estimate of drug-likeness (QED) is 0.383. The van der Waals surface area contributed by atoms with Gasteiger partial charge in [-0.1, -0.05) is 12.7 Å². The van der Waals surface area contributed by atoms with E-state index in [1.54, 1.807) is 0 Å². The second-order valence-electron chi connectivity index (χ2n) is 2.37. The Bertz CT molecular complexity index is 341. The SMILES string of the molecule is C=CCC(OS(=O)(=O)O)C(=C)C(=O)O. The fourth-order valence-electron chi connectivity index (χ4n) is 0.675. The maximum atomic E-state index is 10.4. The molecule has 0 fully saturated rings. The van der Waals surface area contributed by atoms with Gasteiger partial charge in [-0.2, -0.15) is 8.42 Å². The molecule has 0 spiro atoms. The Morgan fingerprint density at radius 3 is 2.36 bits per heavy atom. The van der Waals surface area contributed by atoms with E-state index in [0.717, 1.165) is 0 Å². The van der Waals surface area contributed by atoms with Crippen molar-refractivity contribution in [2.24, 2.45) is 0 Å². The van der Waals surface area contributed by atoms with Crippen LogP contribution in [0.15, 0.2) is 24.8 Å². The Balaban J connectivity index is 4.69. The van der Waals surface area contributed by atoms with Gasteiger partial charge in [0.25, 0.3) is 0 Å². The highest BCUT2D eigenvalue weighted by Crippen LogP contribution is 2.12. The van der Waals surface area contributed by atoms with Crippen LogP contribution >= 0.6 is 0 Å². The lowest BCUT2D eigenvalue weighted by molar-refractivity contribution is -0.133. The number of aliphatic carboxylic acids is 1. The van der Waals surface area contributed by atoms with Gasteiger partial charge in [-0.3, -0.25) is 4.55 Å². The normalized spacial score (nSPS) is 13.2. The Labute approximate surface area is 81.5 Å². The van der Waals surface area contributed by atoms with Crippen molar-refractivity contribution in [2.45, 2.75) is 12.5 Å². The van der Waals surface area contributed by atoms with Crippen LogP contribution in [0.2, 0.25) is 0 Å². The van der Waals surface area contributed by atoms with Gasteiger partial charge in [0.15, 0.2) is 0 Å². The number of carboxylic acid groups (broad SMARTS) is 1. The summed E-state index contributed by atoms with van der Waals surface area (Å²) in [6, 6.07) is 0. The molecule has 0 saturated carbocycles. The van der Waals surface area contributed by atoms with Crippen molar-refractivity contribution in [3.8, 4) is 0 Å². The summed E-state index contributed by atoms with van der Waals surface area (Å²) in [6.45, 7) is 6.39. The van der Waals surface area contributed by atoms with E-state index in [9.17, 15) is 13.2 Å². The molecule has 0 saturated heterocycles. The topological polar surface area (TPSA) is 101 Å². The van der Waals surface area contributed by atoms with Gasteiger partial charge in [-0.05, 0) is 6.42 Å². The van der Waals surface area contributed by atoms with Crippen molar-refractivity contribution in [1.29, 1.82) is 0 Å². The van der Waals surface area contributed by atoms with E-state index in [1.807, 2.05) is 0 Å². The molecule has 1 atom stereocenters.